The van der Waals surface area contributed by atoms with Crippen LogP contribution in [-0.4, -0.2) is 39.0 Å². The Hall–Kier alpha value is -1.89. The molecule has 1 aromatic rings. The lowest BCUT2D eigenvalue weighted by Gasteiger charge is -2.29. The van der Waals surface area contributed by atoms with Gasteiger partial charge in [0.1, 0.15) is 5.03 Å². The lowest BCUT2D eigenvalue weighted by Crippen LogP contribution is -2.41. The maximum Gasteiger partial charge on any atom is 0.243 e. The van der Waals surface area contributed by atoms with Gasteiger partial charge in [-0.15, -0.1) is 0 Å². The number of carbonyl (C=O) groups excluding carboxylic acids is 3. The average molecular weight is 333 g/mol. The molecule has 122 valence electrons. The van der Waals surface area contributed by atoms with Crippen LogP contribution in [0.5, 0.6) is 0 Å². The van der Waals surface area contributed by atoms with Crippen molar-refractivity contribution < 1.29 is 19.5 Å². The number of carboxylic acids is 1. The summed E-state index contributed by atoms with van der Waals surface area (Å²) in [5.41, 5.74) is -0.0473. The number of hydrogen-bond donors (Lipinski definition) is 0. The molecule has 1 aliphatic carbocycles. The molecule has 0 N–H and O–H groups in total. The van der Waals surface area contributed by atoms with E-state index in [0.717, 1.165) is 43.9 Å². The van der Waals surface area contributed by atoms with E-state index in [1.54, 1.807) is 0 Å². The number of carbonyl (C=O) groups is 3. The molecule has 0 aromatic carbocycles. The second-order valence-electron chi connectivity index (χ2n) is 5.85. The maximum absolute atomic E-state index is 12.6. The minimum Gasteiger partial charge on any atom is -0.545 e. The first kappa shape index (κ1) is 16.0. The maximum atomic E-state index is 12.6. The van der Waals surface area contributed by atoms with Crippen molar-refractivity contribution in [3.05, 3.63) is 23.9 Å². The fraction of sp³-hybridized carbons (Fsp3) is 0.500. The van der Waals surface area contributed by atoms with Crippen molar-refractivity contribution in [2.75, 3.05) is 0 Å². The molecule has 23 heavy (non-hydrogen) atoms. The molecule has 6 nitrogen and oxygen atoms in total. The number of likely N-dealkylation sites (tertiary alicyclic amines) is 1. The molecule has 7 heteroatoms. The fourth-order valence-electron chi connectivity index (χ4n) is 3.21. The summed E-state index contributed by atoms with van der Waals surface area (Å²) >= 11 is 1.04. The second kappa shape index (κ2) is 6.70. The van der Waals surface area contributed by atoms with Crippen molar-refractivity contribution in [1.29, 1.82) is 0 Å². The third kappa shape index (κ3) is 3.24. The Morgan fingerprint density at radius 1 is 1.26 bits per heavy atom. The number of nitrogens with zero attached hydrogens (tertiary/aromatic N) is 2. The molecule has 1 atom stereocenters. The molecule has 2 aliphatic rings. The van der Waals surface area contributed by atoms with Gasteiger partial charge in [-0.1, -0.05) is 31.0 Å². The molecule has 0 unspecified atom stereocenters. The van der Waals surface area contributed by atoms with Gasteiger partial charge in [-0.25, -0.2) is 4.98 Å². The highest BCUT2D eigenvalue weighted by Gasteiger charge is 2.43. The van der Waals surface area contributed by atoms with Crippen LogP contribution in [0.1, 0.15) is 48.9 Å². The van der Waals surface area contributed by atoms with Gasteiger partial charge in [-0.3, -0.25) is 14.5 Å². The van der Waals surface area contributed by atoms with Crippen molar-refractivity contribution in [2.24, 2.45) is 0 Å². The Morgan fingerprint density at radius 3 is 2.70 bits per heavy atom. The largest absolute Gasteiger partial charge is 0.545 e. The van der Waals surface area contributed by atoms with Crippen LogP contribution in [0.2, 0.25) is 0 Å². The number of amides is 2. The van der Waals surface area contributed by atoms with E-state index in [1.807, 2.05) is 0 Å². The molecule has 0 bridgehead atoms. The molecular formula is C16H17N2O4S-. The highest BCUT2D eigenvalue weighted by atomic mass is 32.2. The van der Waals surface area contributed by atoms with Gasteiger partial charge in [-0.05, 0) is 25.0 Å². The van der Waals surface area contributed by atoms with Gasteiger partial charge in [0, 0.05) is 24.2 Å². The van der Waals surface area contributed by atoms with Crippen LogP contribution in [0.15, 0.2) is 23.4 Å². The number of thioether (sulfide) groups is 1. The number of aromatic carboxylic acids is 1. The van der Waals surface area contributed by atoms with Crippen molar-refractivity contribution in [1.82, 2.24) is 9.88 Å². The van der Waals surface area contributed by atoms with Crippen LogP contribution < -0.4 is 5.11 Å². The Labute approximate surface area is 138 Å². The Bertz CT molecular complexity index is 643. The molecule has 2 heterocycles. The zero-order chi connectivity index (χ0) is 16.4. The van der Waals surface area contributed by atoms with E-state index >= 15 is 0 Å². The fourth-order valence-corrected chi connectivity index (χ4v) is 4.32. The first-order valence-electron chi connectivity index (χ1n) is 7.77. The average Bonchev–Trinajstić information content (AvgIpc) is 2.82. The summed E-state index contributed by atoms with van der Waals surface area (Å²) < 4.78 is 0. The normalized spacial score (nSPS) is 22.6. The third-order valence-electron chi connectivity index (χ3n) is 4.33. The van der Waals surface area contributed by atoms with Gasteiger partial charge in [0.2, 0.25) is 11.8 Å². The highest BCUT2D eigenvalue weighted by molar-refractivity contribution is 8.00. The second-order valence-corrected chi connectivity index (χ2v) is 7.04. The van der Waals surface area contributed by atoms with Gasteiger partial charge in [0.25, 0.3) is 0 Å². The Kier molecular flexibility index (Phi) is 4.66. The summed E-state index contributed by atoms with van der Waals surface area (Å²) in [7, 11) is 0. The minimum absolute atomic E-state index is 0.00121. The van der Waals surface area contributed by atoms with E-state index < -0.39 is 11.2 Å². The molecule has 0 spiro atoms. The lowest BCUT2D eigenvalue weighted by molar-refractivity contribution is -0.255. The number of aromatic nitrogens is 1. The van der Waals surface area contributed by atoms with E-state index in [2.05, 4.69) is 4.98 Å². The summed E-state index contributed by atoms with van der Waals surface area (Å²) in [6, 6.07) is 2.90. The molecule has 0 radical (unpaired) electrons. The number of pyridine rings is 1. The molecule has 2 amide bonds. The van der Waals surface area contributed by atoms with Crippen LogP contribution in [0.25, 0.3) is 0 Å². The van der Waals surface area contributed by atoms with E-state index in [1.165, 1.54) is 23.2 Å². The monoisotopic (exact) mass is 333 g/mol. The Balaban J connectivity index is 1.76. The number of carboxylic acid groups (broad SMARTS) is 1. The van der Waals surface area contributed by atoms with Crippen molar-refractivity contribution in [3.8, 4) is 0 Å². The van der Waals surface area contributed by atoms with Crippen molar-refractivity contribution >= 4 is 29.5 Å². The summed E-state index contributed by atoms with van der Waals surface area (Å²) in [6.45, 7) is 0. The van der Waals surface area contributed by atoms with E-state index in [4.69, 9.17) is 0 Å². The first-order valence-corrected chi connectivity index (χ1v) is 8.65. The summed E-state index contributed by atoms with van der Waals surface area (Å²) in [6.07, 6.45) is 6.51. The molecule has 1 saturated carbocycles. The zero-order valence-corrected chi connectivity index (χ0v) is 13.4. The number of rotatable bonds is 4. The first-order chi connectivity index (χ1) is 11.1. The molecule has 1 aromatic heterocycles. The standard InChI is InChI=1S/C16H18N2O4S/c19-13-9-12(15(20)18(13)10-5-2-1-3-6-10)23-14-11(16(21)22)7-4-8-17-14/h4,7-8,10,12H,1-3,5-6,9H2,(H,21,22)/p-1/t12-/m1/s1. The van der Waals surface area contributed by atoms with Crippen LogP contribution in [0, 0.1) is 0 Å². The Morgan fingerprint density at radius 2 is 2.00 bits per heavy atom. The SMILES string of the molecule is O=C([O-])c1cccnc1S[C@@H]1CC(=O)N(C2CCCCC2)C1=O. The van der Waals surface area contributed by atoms with E-state index in [0.29, 0.717) is 0 Å². The van der Waals surface area contributed by atoms with Crippen molar-refractivity contribution in [2.45, 2.75) is 54.8 Å². The van der Waals surface area contributed by atoms with Crippen LogP contribution in [0.3, 0.4) is 0 Å². The number of imide groups is 1. The quantitative estimate of drug-likeness (QED) is 0.764. The summed E-state index contributed by atoms with van der Waals surface area (Å²) in [4.78, 5) is 41.4. The minimum atomic E-state index is -1.33. The highest BCUT2D eigenvalue weighted by Crippen LogP contribution is 2.35. The zero-order valence-electron chi connectivity index (χ0n) is 12.6. The topological polar surface area (TPSA) is 90.4 Å². The predicted octanol–water partition coefficient (Wildman–Crippen LogP) is 0.997. The molecule has 1 saturated heterocycles. The van der Waals surface area contributed by atoms with Gasteiger partial charge in [-0.2, -0.15) is 0 Å². The molecule has 1 aliphatic heterocycles. The van der Waals surface area contributed by atoms with Crippen LogP contribution in [-0.2, 0) is 9.59 Å². The van der Waals surface area contributed by atoms with E-state index in [-0.39, 0.29) is 34.9 Å². The summed E-state index contributed by atoms with van der Waals surface area (Å²) in [5.74, 6) is -1.71. The van der Waals surface area contributed by atoms with Gasteiger partial charge in [0.05, 0.1) is 11.2 Å². The van der Waals surface area contributed by atoms with Crippen molar-refractivity contribution in [3.63, 3.8) is 0 Å². The van der Waals surface area contributed by atoms with Gasteiger partial charge < -0.3 is 9.90 Å². The van der Waals surface area contributed by atoms with Crippen LogP contribution in [0.4, 0.5) is 0 Å². The number of hydrogen-bond acceptors (Lipinski definition) is 6. The third-order valence-corrected chi connectivity index (χ3v) is 5.53. The smallest absolute Gasteiger partial charge is 0.243 e. The molecule has 2 fully saturated rings. The predicted molar refractivity (Wildman–Crippen MR) is 81.6 cm³/mol. The summed E-state index contributed by atoms with van der Waals surface area (Å²) in [5, 5.41) is 10.8. The molecule has 3 rings (SSSR count). The van der Waals surface area contributed by atoms with Crippen LogP contribution >= 0.6 is 11.8 Å². The lowest BCUT2D eigenvalue weighted by atomic mass is 9.94. The van der Waals surface area contributed by atoms with Gasteiger partial charge >= 0.3 is 0 Å². The molecular weight excluding hydrogens is 316 g/mol. The van der Waals surface area contributed by atoms with E-state index in [9.17, 15) is 19.5 Å². The van der Waals surface area contributed by atoms with Gasteiger partial charge in [0.15, 0.2) is 0 Å².